The van der Waals surface area contributed by atoms with Crippen molar-refractivity contribution in [1.29, 1.82) is 0 Å². The molecule has 4 aromatic carbocycles. The molecule has 0 fully saturated rings. The first-order valence-electron chi connectivity index (χ1n) is 15.5. The van der Waals surface area contributed by atoms with Crippen molar-refractivity contribution in [3.63, 3.8) is 0 Å². The molecule has 0 bridgehead atoms. The summed E-state index contributed by atoms with van der Waals surface area (Å²) in [4.78, 5) is 30.0. The van der Waals surface area contributed by atoms with Crippen LogP contribution in [0.25, 0.3) is 0 Å². The van der Waals surface area contributed by atoms with Crippen LogP contribution in [0.5, 0.6) is 11.5 Å². The van der Waals surface area contributed by atoms with Gasteiger partial charge in [-0.1, -0.05) is 92.2 Å². The van der Waals surface area contributed by atoms with Crippen molar-refractivity contribution in [3.8, 4) is 11.5 Å². The molecule has 10 heteroatoms. The Balaban J connectivity index is 1.82. The van der Waals surface area contributed by atoms with E-state index < -0.39 is 28.5 Å². The Morgan fingerprint density at radius 1 is 0.787 bits per heavy atom. The van der Waals surface area contributed by atoms with Gasteiger partial charge >= 0.3 is 0 Å². The van der Waals surface area contributed by atoms with Crippen molar-refractivity contribution in [1.82, 2.24) is 10.2 Å². The van der Waals surface area contributed by atoms with E-state index in [2.05, 4.69) is 5.32 Å². The Bertz CT molecular complexity index is 1730. The molecule has 0 aliphatic rings. The summed E-state index contributed by atoms with van der Waals surface area (Å²) in [5, 5.41) is 3.01. The van der Waals surface area contributed by atoms with Crippen LogP contribution < -0.4 is 19.1 Å². The normalized spacial score (nSPS) is 11.9. The molecule has 47 heavy (non-hydrogen) atoms. The summed E-state index contributed by atoms with van der Waals surface area (Å²) in [5.41, 5.74) is 2.93. The zero-order chi connectivity index (χ0) is 34.0. The van der Waals surface area contributed by atoms with Crippen LogP contribution in [0.3, 0.4) is 0 Å². The summed E-state index contributed by atoms with van der Waals surface area (Å²) in [5.74, 6) is 0.0452. The van der Waals surface area contributed by atoms with Gasteiger partial charge in [0.1, 0.15) is 12.6 Å². The van der Waals surface area contributed by atoms with Gasteiger partial charge in [-0.25, -0.2) is 8.42 Å². The van der Waals surface area contributed by atoms with Gasteiger partial charge in [-0.3, -0.25) is 13.9 Å². The van der Waals surface area contributed by atoms with E-state index >= 15 is 0 Å². The summed E-state index contributed by atoms with van der Waals surface area (Å²) in [6.07, 6.45) is 0.240. The predicted octanol–water partition coefficient (Wildman–Crippen LogP) is 5.62. The molecular formula is C37H43N3O6S. The number of rotatable bonds is 15. The highest BCUT2D eigenvalue weighted by atomic mass is 32.2. The van der Waals surface area contributed by atoms with Crippen molar-refractivity contribution >= 4 is 27.5 Å². The number of benzene rings is 4. The number of carbonyl (C=O) groups excluding carboxylic acids is 2. The number of hydrogen-bond acceptors (Lipinski definition) is 6. The SMILES string of the molecule is COc1ccc(N(CC(=O)N(Cc2ccc(C)cc2)[C@H](Cc2ccccc2)C(=O)NCC(C)C)S(=O)(=O)c2ccccc2)cc1OC. The number of anilines is 1. The number of aryl methyl sites for hydroxylation is 1. The van der Waals surface area contributed by atoms with Crippen molar-refractivity contribution in [3.05, 3.63) is 120 Å². The lowest BCUT2D eigenvalue weighted by Gasteiger charge is -2.34. The number of nitrogens with zero attached hydrogens (tertiary/aromatic N) is 2. The second-order valence-corrected chi connectivity index (χ2v) is 13.6. The Morgan fingerprint density at radius 3 is 2.00 bits per heavy atom. The molecule has 0 spiro atoms. The monoisotopic (exact) mass is 657 g/mol. The third-order valence-corrected chi connectivity index (χ3v) is 9.48. The molecule has 1 atom stereocenters. The summed E-state index contributed by atoms with van der Waals surface area (Å²) in [6, 6.07) is 28.9. The maximum absolute atomic E-state index is 14.6. The third kappa shape index (κ3) is 9.13. The van der Waals surface area contributed by atoms with E-state index in [1.807, 2.05) is 75.4 Å². The summed E-state index contributed by atoms with van der Waals surface area (Å²) in [6.45, 7) is 5.92. The fourth-order valence-electron chi connectivity index (χ4n) is 5.10. The fraction of sp³-hybridized carbons (Fsp3) is 0.297. The molecule has 0 aliphatic heterocycles. The Kier molecular flexibility index (Phi) is 12.0. The van der Waals surface area contributed by atoms with Crippen LogP contribution in [0.4, 0.5) is 5.69 Å². The van der Waals surface area contributed by atoms with Gasteiger partial charge in [-0.15, -0.1) is 0 Å². The summed E-state index contributed by atoms with van der Waals surface area (Å²) >= 11 is 0. The molecule has 4 rings (SSSR count). The molecule has 0 unspecified atom stereocenters. The van der Waals surface area contributed by atoms with Gasteiger partial charge in [0.25, 0.3) is 10.0 Å². The summed E-state index contributed by atoms with van der Waals surface area (Å²) in [7, 11) is -1.30. The highest BCUT2D eigenvalue weighted by Gasteiger charge is 2.35. The van der Waals surface area contributed by atoms with Crippen LogP contribution in [0.2, 0.25) is 0 Å². The van der Waals surface area contributed by atoms with E-state index in [9.17, 15) is 18.0 Å². The second-order valence-electron chi connectivity index (χ2n) is 11.7. The van der Waals surface area contributed by atoms with Crippen molar-refractivity contribution < 1.29 is 27.5 Å². The first-order valence-corrected chi connectivity index (χ1v) is 16.9. The lowest BCUT2D eigenvalue weighted by atomic mass is 10.0. The van der Waals surface area contributed by atoms with Crippen molar-refractivity contribution in [2.24, 2.45) is 5.92 Å². The molecule has 248 valence electrons. The van der Waals surface area contributed by atoms with Crippen LogP contribution in [0.1, 0.15) is 30.5 Å². The first-order chi connectivity index (χ1) is 22.5. The number of methoxy groups -OCH3 is 2. The van der Waals surface area contributed by atoms with Crippen molar-refractivity contribution in [2.45, 2.75) is 44.7 Å². The average Bonchev–Trinajstić information content (AvgIpc) is 3.08. The van der Waals surface area contributed by atoms with Crippen LogP contribution >= 0.6 is 0 Å². The van der Waals surface area contributed by atoms with E-state index in [4.69, 9.17) is 9.47 Å². The molecular weight excluding hydrogens is 614 g/mol. The van der Waals surface area contributed by atoms with E-state index in [0.717, 1.165) is 21.0 Å². The molecule has 0 aliphatic carbocycles. The van der Waals surface area contributed by atoms with E-state index in [1.54, 1.807) is 30.3 Å². The minimum Gasteiger partial charge on any atom is -0.493 e. The molecule has 1 N–H and O–H groups in total. The minimum atomic E-state index is -4.24. The van der Waals surface area contributed by atoms with Crippen LogP contribution in [-0.2, 0) is 32.6 Å². The third-order valence-electron chi connectivity index (χ3n) is 7.69. The van der Waals surface area contributed by atoms with E-state index in [1.165, 1.54) is 37.3 Å². The van der Waals surface area contributed by atoms with Gasteiger partial charge in [0.15, 0.2) is 11.5 Å². The molecule has 2 amide bonds. The van der Waals surface area contributed by atoms with E-state index in [-0.39, 0.29) is 35.4 Å². The zero-order valence-corrected chi connectivity index (χ0v) is 28.4. The average molecular weight is 658 g/mol. The highest BCUT2D eigenvalue weighted by Crippen LogP contribution is 2.34. The minimum absolute atomic E-state index is 0.0168. The number of ether oxygens (including phenoxy) is 2. The van der Waals surface area contributed by atoms with Gasteiger partial charge in [0.05, 0.1) is 24.8 Å². The van der Waals surface area contributed by atoms with E-state index in [0.29, 0.717) is 18.0 Å². The van der Waals surface area contributed by atoms with Gasteiger partial charge in [0.2, 0.25) is 11.8 Å². The molecule has 0 saturated heterocycles. The van der Waals surface area contributed by atoms with Crippen LogP contribution in [-0.4, -0.2) is 58.5 Å². The second kappa shape index (κ2) is 16.1. The van der Waals surface area contributed by atoms with Gasteiger partial charge in [0, 0.05) is 25.6 Å². The summed E-state index contributed by atoms with van der Waals surface area (Å²) < 4.78 is 40.3. The number of hydrogen-bond donors (Lipinski definition) is 1. The smallest absolute Gasteiger partial charge is 0.264 e. The lowest BCUT2D eigenvalue weighted by molar-refractivity contribution is -0.140. The highest BCUT2D eigenvalue weighted by molar-refractivity contribution is 7.92. The van der Waals surface area contributed by atoms with Gasteiger partial charge in [-0.05, 0) is 48.2 Å². The van der Waals surface area contributed by atoms with Gasteiger partial charge in [-0.2, -0.15) is 0 Å². The maximum atomic E-state index is 14.6. The lowest BCUT2D eigenvalue weighted by Crippen LogP contribution is -2.53. The topological polar surface area (TPSA) is 105 Å². The molecule has 0 radical (unpaired) electrons. The molecule has 9 nitrogen and oxygen atoms in total. The van der Waals surface area contributed by atoms with Crippen molar-refractivity contribution in [2.75, 3.05) is 31.6 Å². The molecule has 0 saturated carbocycles. The fourth-order valence-corrected chi connectivity index (χ4v) is 6.52. The Morgan fingerprint density at radius 2 is 1.40 bits per heavy atom. The number of carbonyl (C=O) groups is 2. The molecule has 4 aromatic rings. The largest absolute Gasteiger partial charge is 0.493 e. The number of sulfonamides is 1. The molecule has 0 aromatic heterocycles. The van der Waals surface area contributed by atoms with Crippen LogP contribution in [0.15, 0.2) is 108 Å². The maximum Gasteiger partial charge on any atom is 0.264 e. The van der Waals surface area contributed by atoms with Gasteiger partial charge < -0.3 is 19.7 Å². The number of nitrogens with one attached hydrogen (secondary N) is 1. The quantitative estimate of drug-likeness (QED) is 0.178. The zero-order valence-electron chi connectivity index (χ0n) is 27.6. The van der Waals surface area contributed by atoms with Crippen LogP contribution in [0, 0.1) is 12.8 Å². The predicted molar refractivity (Wildman–Crippen MR) is 184 cm³/mol. The Hall–Kier alpha value is -4.83. The number of amides is 2. The standard InChI is InChI=1S/C37H43N3O6S/c1-27(2)24-38-37(42)33(22-29-12-8-6-9-13-29)39(25-30-18-16-28(3)17-19-30)36(41)26-40(47(43,44)32-14-10-7-11-15-32)31-20-21-34(45-4)35(23-31)46-5/h6-21,23,27,33H,22,24-26H2,1-5H3,(H,38,42)/t33-/m1/s1. The molecule has 0 heterocycles. The Labute approximate surface area is 278 Å². The first kappa shape index (κ1) is 35.0.